The lowest BCUT2D eigenvalue weighted by molar-refractivity contribution is -0.150. The first-order valence-corrected chi connectivity index (χ1v) is 13.9. The molecule has 40 heavy (non-hydrogen) atoms. The zero-order valence-corrected chi connectivity index (χ0v) is 22.9. The van der Waals surface area contributed by atoms with Gasteiger partial charge in [0.05, 0.1) is 12.3 Å². The molecule has 0 unspecified atom stereocenters. The molecule has 2 aliphatic heterocycles. The fourth-order valence-electron chi connectivity index (χ4n) is 4.27. The maximum Gasteiger partial charge on any atom is 0.353 e. The topological polar surface area (TPSA) is 240 Å². The van der Waals surface area contributed by atoms with Gasteiger partial charge in [-0.15, -0.1) is 11.8 Å². The predicted molar refractivity (Wildman–Crippen MR) is 146 cm³/mol. The number of halogens is 1. The quantitative estimate of drug-likeness (QED) is 0.0997. The van der Waals surface area contributed by atoms with Gasteiger partial charge < -0.3 is 32.5 Å². The number of alkyl halides is 1. The van der Waals surface area contributed by atoms with Gasteiger partial charge >= 0.3 is 5.97 Å². The number of carbonyl (C=O) groups is 3. The van der Waals surface area contributed by atoms with Gasteiger partial charge in [-0.05, 0) is 25.7 Å². The summed E-state index contributed by atoms with van der Waals surface area (Å²) in [6.07, 6.45) is 4.70. The largest absolute Gasteiger partial charge is 0.477 e. The van der Waals surface area contributed by atoms with Gasteiger partial charge in [-0.25, -0.2) is 19.2 Å². The fraction of sp³-hybridized carbons (Fsp3) is 0.524. The lowest BCUT2D eigenvalue weighted by Crippen LogP contribution is -2.71. The molecular weight excluding hydrogens is 569 g/mol. The number of oxime groups is 1. The third-order valence-electron chi connectivity index (χ3n) is 6.33. The Morgan fingerprint density at radius 2 is 2.08 bits per heavy atom. The number of carboxylic acids is 1. The van der Waals surface area contributed by atoms with E-state index in [4.69, 9.17) is 17.2 Å². The Kier molecular flexibility index (Phi) is 9.15. The molecule has 4 rings (SSSR count). The van der Waals surface area contributed by atoms with Crippen molar-refractivity contribution in [2.24, 2.45) is 26.7 Å². The predicted octanol–water partition coefficient (Wildman–Crippen LogP) is -0.991. The van der Waals surface area contributed by atoms with Crippen molar-refractivity contribution < 1.29 is 28.7 Å². The van der Waals surface area contributed by atoms with E-state index in [1.54, 1.807) is 7.05 Å². The van der Waals surface area contributed by atoms with Crippen molar-refractivity contribution in [3.63, 3.8) is 0 Å². The average Bonchev–Trinajstić information content (AvgIpc) is 3.36. The van der Waals surface area contributed by atoms with Crippen LogP contribution < -0.4 is 22.5 Å². The van der Waals surface area contributed by atoms with Crippen LogP contribution in [0.4, 0.5) is 9.52 Å². The molecule has 1 aliphatic carbocycles. The van der Waals surface area contributed by atoms with Crippen LogP contribution in [-0.2, 0) is 19.2 Å². The highest BCUT2D eigenvalue weighted by Gasteiger charge is 2.54. The maximum absolute atomic E-state index is 13.0. The SMILES string of the molecule is CN(/N=C/C1=C(C(=O)O)N2C(=O)[C@@H](NC(=O)/C(=N\OCF)c3nsc(N)n3)[C@H]2SC1)C(N)=NC1CCC(N)CC1. The van der Waals surface area contributed by atoms with Gasteiger partial charge in [0.1, 0.15) is 17.1 Å². The summed E-state index contributed by atoms with van der Waals surface area (Å²) in [4.78, 5) is 51.7. The molecule has 8 N–H and O–H groups in total. The Morgan fingerprint density at radius 3 is 2.70 bits per heavy atom. The number of nitrogens with one attached hydrogen (secondary N) is 1. The van der Waals surface area contributed by atoms with E-state index in [0.29, 0.717) is 0 Å². The van der Waals surface area contributed by atoms with Crippen LogP contribution in [0.15, 0.2) is 26.5 Å². The number of nitrogen functional groups attached to an aromatic ring is 1. The van der Waals surface area contributed by atoms with Crippen molar-refractivity contribution >= 4 is 64.1 Å². The number of nitrogens with two attached hydrogens (primary N) is 3. The maximum atomic E-state index is 13.0. The van der Waals surface area contributed by atoms with E-state index in [9.17, 15) is 23.9 Å². The van der Waals surface area contributed by atoms with Crippen LogP contribution >= 0.6 is 23.3 Å². The van der Waals surface area contributed by atoms with Crippen molar-refractivity contribution in [1.29, 1.82) is 0 Å². The van der Waals surface area contributed by atoms with Gasteiger partial charge in [0.15, 0.2) is 5.13 Å². The molecule has 3 aliphatic rings. The third kappa shape index (κ3) is 6.31. The molecular formula is C21H28FN11O5S2. The van der Waals surface area contributed by atoms with Gasteiger partial charge in [-0.2, -0.15) is 14.5 Å². The number of hydrazone groups is 1. The number of aromatic nitrogens is 2. The molecule has 0 aromatic carbocycles. The second-order valence-electron chi connectivity index (χ2n) is 9.00. The summed E-state index contributed by atoms with van der Waals surface area (Å²) >= 11 is 2.00. The van der Waals surface area contributed by atoms with E-state index in [-0.39, 0.29) is 46.0 Å². The van der Waals surface area contributed by atoms with Gasteiger partial charge in [0.25, 0.3) is 18.7 Å². The first-order valence-electron chi connectivity index (χ1n) is 12.0. The smallest absolute Gasteiger partial charge is 0.353 e. The highest BCUT2D eigenvalue weighted by molar-refractivity contribution is 8.00. The number of carboxylic acid groups (broad SMARTS) is 1. The molecule has 0 spiro atoms. The number of aliphatic imine (C=N–C) groups is 1. The fourth-order valence-corrected chi connectivity index (χ4v) is 6.00. The molecule has 2 amide bonds. The number of amides is 2. The lowest BCUT2D eigenvalue weighted by Gasteiger charge is -2.49. The lowest BCUT2D eigenvalue weighted by atomic mass is 9.92. The molecule has 216 valence electrons. The molecule has 0 bridgehead atoms. The normalized spacial score (nSPS) is 25.5. The van der Waals surface area contributed by atoms with E-state index in [1.807, 2.05) is 0 Å². The zero-order chi connectivity index (χ0) is 29.0. The standard InChI is InChI=1S/C21H28FN11O5S2/c1-32(20(24)27-11-4-2-10(23)3-5-11)26-6-9-7-39-18-13(17(35)33(18)14(9)19(36)37)28-16(34)12(30-38-8-22)15-29-21(25)40-31-15/h6,10-11,13,18H,2-5,7-8,23H2,1H3,(H2,24,27)(H,28,34)(H,36,37)(H2,25,29,31)/b26-6+,30-12-/t10?,11?,13-,18-/m1/s1. The molecule has 2 atom stereocenters. The van der Waals surface area contributed by atoms with Crippen LogP contribution in [0.2, 0.25) is 0 Å². The number of fused-ring (bicyclic) bond motifs is 1. The van der Waals surface area contributed by atoms with Gasteiger partial charge in [-0.1, -0.05) is 5.16 Å². The monoisotopic (exact) mass is 597 g/mol. The second kappa shape index (κ2) is 12.6. The van der Waals surface area contributed by atoms with E-state index in [1.165, 1.54) is 23.0 Å². The highest BCUT2D eigenvalue weighted by atomic mass is 32.2. The minimum absolute atomic E-state index is 0.0345. The highest BCUT2D eigenvalue weighted by Crippen LogP contribution is 2.40. The van der Waals surface area contributed by atoms with Crippen LogP contribution in [0.3, 0.4) is 0 Å². The number of β-lactam (4-membered cyclic amide) rings is 1. The average molecular weight is 598 g/mol. The molecule has 2 fully saturated rings. The Bertz CT molecular complexity index is 1280. The summed E-state index contributed by atoms with van der Waals surface area (Å²) in [5.74, 6) is -2.80. The summed E-state index contributed by atoms with van der Waals surface area (Å²) in [7, 11) is 1.58. The van der Waals surface area contributed by atoms with E-state index in [2.05, 4.69) is 34.8 Å². The first-order chi connectivity index (χ1) is 19.1. The Hall–Kier alpha value is -3.84. The summed E-state index contributed by atoms with van der Waals surface area (Å²) in [6, 6.07) is -0.874. The van der Waals surface area contributed by atoms with Crippen molar-refractivity contribution in [3.8, 4) is 0 Å². The molecule has 19 heteroatoms. The van der Waals surface area contributed by atoms with E-state index < -0.39 is 41.8 Å². The van der Waals surface area contributed by atoms with E-state index >= 15 is 0 Å². The Morgan fingerprint density at radius 1 is 1.35 bits per heavy atom. The molecule has 1 aromatic rings. The number of hydrogen-bond donors (Lipinski definition) is 5. The number of thioether (sulfide) groups is 1. The number of anilines is 1. The minimum Gasteiger partial charge on any atom is -0.477 e. The van der Waals surface area contributed by atoms with E-state index in [0.717, 1.165) is 42.1 Å². The van der Waals surface area contributed by atoms with Crippen molar-refractivity contribution in [2.75, 3.05) is 25.4 Å². The van der Waals surface area contributed by atoms with Gasteiger partial charge in [-0.3, -0.25) is 14.5 Å². The van der Waals surface area contributed by atoms with Crippen LogP contribution in [0, 0.1) is 0 Å². The van der Waals surface area contributed by atoms with Gasteiger partial charge in [0.2, 0.25) is 17.5 Å². The zero-order valence-electron chi connectivity index (χ0n) is 21.3. The van der Waals surface area contributed by atoms with Crippen molar-refractivity contribution in [1.82, 2.24) is 24.6 Å². The second-order valence-corrected chi connectivity index (χ2v) is 10.9. The molecule has 1 saturated heterocycles. The van der Waals surface area contributed by atoms with Crippen molar-refractivity contribution in [2.45, 2.75) is 49.2 Å². The number of nitrogens with zero attached hydrogens (tertiary/aromatic N) is 7. The number of rotatable bonds is 9. The third-order valence-corrected chi connectivity index (χ3v) is 8.18. The number of guanidine groups is 1. The van der Waals surface area contributed by atoms with Crippen molar-refractivity contribution in [3.05, 3.63) is 17.1 Å². The summed E-state index contributed by atoms with van der Waals surface area (Å²) in [5.41, 5.74) is 17.1. The molecule has 16 nitrogen and oxygen atoms in total. The number of carbonyl (C=O) groups excluding carboxylic acids is 2. The molecule has 0 radical (unpaired) electrons. The van der Waals surface area contributed by atoms with Gasteiger partial charge in [0, 0.05) is 35.9 Å². The van der Waals surface area contributed by atoms with Crippen LogP contribution in [0.5, 0.6) is 0 Å². The number of aliphatic carboxylic acids is 1. The van der Waals surface area contributed by atoms with Crippen LogP contribution in [0.1, 0.15) is 31.5 Å². The minimum atomic E-state index is -1.34. The summed E-state index contributed by atoms with van der Waals surface area (Å²) in [5, 5.41) is 20.6. The Balaban J connectivity index is 1.46. The van der Waals surface area contributed by atoms with Crippen LogP contribution in [-0.4, -0.2) is 103 Å². The summed E-state index contributed by atoms with van der Waals surface area (Å²) in [6.45, 7) is -1.32. The first kappa shape index (κ1) is 29.2. The number of hydrogen-bond acceptors (Lipinski definition) is 13. The molecule has 1 aromatic heterocycles. The Labute approximate surface area is 235 Å². The summed E-state index contributed by atoms with van der Waals surface area (Å²) < 4.78 is 16.4. The van der Waals surface area contributed by atoms with Crippen LogP contribution in [0.25, 0.3) is 0 Å². The molecule has 3 heterocycles. The molecule has 1 saturated carbocycles.